The summed E-state index contributed by atoms with van der Waals surface area (Å²) in [6.07, 6.45) is 5.47. The van der Waals surface area contributed by atoms with Crippen LogP contribution in [0, 0.1) is 0 Å². The minimum absolute atomic E-state index is 0.129. The van der Waals surface area contributed by atoms with Gasteiger partial charge in [-0.1, -0.05) is 18.2 Å². The highest BCUT2D eigenvalue weighted by Gasteiger charge is 2.23. The number of nitrogens with zero attached hydrogens (tertiary/aromatic N) is 2. The third kappa shape index (κ3) is 3.06. The van der Waals surface area contributed by atoms with Crippen LogP contribution in [0.4, 0.5) is 10.6 Å². The fraction of sp³-hybridized carbons (Fsp3) is 0.368. The van der Waals surface area contributed by atoms with Crippen molar-refractivity contribution in [1.82, 2.24) is 20.1 Å². The quantitative estimate of drug-likeness (QED) is 0.566. The van der Waals surface area contributed by atoms with Gasteiger partial charge in [-0.15, -0.1) is 0 Å². The Balaban J connectivity index is 1.44. The average molecular weight is 353 g/mol. The number of carbonyl (C=O) groups is 1. The number of nitrogens with one attached hydrogen (secondary N) is 3. The lowest BCUT2D eigenvalue weighted by Gasteiger charge is -2.17. The lowest BCUT2D eigenvalue weighted by atomic mass is 10.1. The van der Waals surface area contributed by atoms with Gasteiger partial charge >= 0.3 is 6.03 Å². The first-order valence-electron chi connectivity index (χ1n) is 8.94. The van der Waals surface area contributed by atoms with Crippen LogP contribution in [0.5, 0.6) is 0 Å². The van der Waals surface area contributed by atoms with Crippen LogP contribution in [0.2, 0.25) is 0 Å². The van der Waals surface area contributed by atoms with Crippen molar-refractivity contribution in [2.24, 2.45) is 7.05 Å². The van der Waals surface area contributed by atoms with E-state index >= 15 is 0 Å². The van der Waals surface area contributed by atoms with Gasteiger partial charge < -0.3 is 15.4 Å². The van der Waals surface area contributed by atoms with Crippen molar-refractivity contribution in [3.63, 3.8) is 0 Å². The molecule has 7 heteroatoms. The number of fused-ring (bicyclic) bond motifs is 2. The second-order valence-electron chi connectivity index (χ2n) is 6.79. The zero-order valence-corrected chi connectivity index (χ0v) is 14.7. The number of aliphatic hydroxyl groups is 1. The van der Waals surface area contributed by atoms with E-state index in [0.717, 1.165) is 52.8 Å². The number of aromatic amines is 1. The van der Waals surface area contributed by atoms with Gasteiger partial charge in [0.25, 0.3) is 0 Å². The topological polar surface area (TPSA) is 95.0 Å². The van der Waals surface area contributed by atoms with E-state index in [9.17, 15) is 9.90 Å². The molecule has 0 saturated carbocycles. The molecule has 3 aromatic rings. The molecule has 2 aromatic heterocycles. The van der Waals surface area contributed by atoms with Crippen molar-refractivity contribution in [1.29, 1.82) is 0 Å². The van der Waals surface area contributed by atoms with Crippen LogP contribution in [0.1, 0.15) is 23.2 Å². The summed E-state index contributed by atoms with van der Waals surface area (Å²) in [5, 5.41) is 21.1. The van der Waals surface area contributed by atoms with E-state index in [4.69, 9.17) is 0 Å². The molecule has 0 saturated heterocycles. The molecule has 2 amide bonds. The molecule has 26 heavy (non-hydrogen) atoms. The third-order valence-corrected chi connectivity index (χ3v) is 5.00. The number of H-pyrrole nitrogens is 1. The van der Waals surface area contributed by atoms with Crippen molar-refractivity contribution in [3.05, 3.63) is 47.3 Å². The standard InChI is InChI=1S/C19H23N5O2/c1-24-18(15-6-4-8-17(15)23-24)22-19(26)21-13(11-25)9-12-10-20-16-7-3-2-5-14(12)16/h2-3,5,7,10,13,20,25H,4,6,8-9,11H2,1H3,(H2,21,22,26)/t13-/m0/s1. The van der Waals surface area contributed by atoms with Gasteiger partial charge in [0.1, 0.15) is 5.82 Å². The van der Waals surface area contributed by atoms with Crippen molar-refractivity contribution in [3.8, 4) is 0 Å². The van der Waals surface area contributed by atoms with Gasteiger partial charge in [-0.05, 0) is 37.3 Å². The van der Waals surface area contributed by atoms with E-state index in [1.165, 1.54) is 0 Å². The molecule has 1 aromatic carbocycles. The Morgan fingerprint density at radius 3 is 3.08 bits per heavy atom. The van der Waals surface area contributed by atoms with Crippen LogP contribution in [0.15, 0.2) is 30.5 Å². The van der Waals surface area contributed by atoms with Gasteiger partial charge in [0.15, 0.2) is 0 Å². The van der Waals surface area contributed by atoms with Crippen molar-refractivity contribution in [2.75, 3.05) is 11.9 Å². The van der Waals surface area contributed by atoms with E-state index in [1.54, 1.807) is 4.68 Å². The Bertz CT molecular complexity index is 943. The summed E-state index contributed by atoms with van der Waals surface area (Å²) in [4.78, 5) is 15.7. The van der Waals surface area contributed by atoms with Gasteiger partial charge in [-0.25, -0.2) is 4.79 Å². The Hall–Kier alpha value is -2.80. The predicted molar refractivity (Wildman–Crippen MR) is 100 cm³/mol. The maximum Gasteiger partial charge on any atom is 0.320 e. The number of aryl methyl sites for hydroxylation is 2. The van der Waals surface area contributed by atoms with Crippen LogP contribution in [0.3, 0.4) is 0 Å². The molecule has 4 rings (SSSR count). The summed E-state index contributed by atoms with van der Waals surface area (Å²) >= 11 is 0. The number of benzene rings is 1. The molecule has 0 aliphatic heterocycles. The SMILES string of the molecule is Cn1nc2c(c1NC(=O)N[C@H](CO)Cc1c[nH]c3ccccc13)CCC2. The second-order valence-corrected chi connectivity index (χ2v) is 6.79. The molecular weight excluding hydrogens is 330 g/mol. The zero-order chi connectivity index (χ0) is 18.1. The van der Waals surface area contributed by atoms with Crippen molar-refractivity contribution in [2.45, 2.75) is 31.7 Å². The van der Waals surface area contributed by atoms with Crippen LogP contribution in [-0.2, 0) is 26.3 Å². The highest BCUT2D eigenvalue weighted by atomic mass is 16.3. The highest BCUT2D eigenvalue weighted by Crippen LogP contribution is 2.28. The van der Waals surface area contributed by atoms with Crippen LogP contribution < -0.4 is 10.6 Å². The molecule has 0 radical (unpaired) electrons. The third-order valence-electron chi connectivity index (χ3n) is 5.00. The van der Waals surface area contributed by atoms with Crippen LogP contribution >= 0.6 is 0 Å². The number of rotatable bonds is 5. The number of anilines is 1. The minimum Gasteiger partial charge on any atom is -0.394 e. The Kier molecular flexibility index (Phi) is 4.38. The molecule has 0 unspecified atom stereocenters. The summed E-state index contributed by atoms with van der Waals surface area (Å²) in [5.41, 5.74) is 4.32. The summed E-state index contributed by atoms with van der Waals surface area (Å²) in [6.45, 7) is -0.129. The molecule has 136 valence electrons. The monoisotopic (exact) mass is 353 g/mol. The number of aliphatic hydroxyl groups excluding tert-OH is 1. The van der Waals surface area contributed by atoms with Crippen molar-refractivity contribution >= 4 is 22.8 Å². The lowest BCUT2D eigenvalue weighted by molar-refractivity contribution is 0.224. The largest absolute Gasteiger partial charge is 0.394 e. The van der Waals surface area contributed by atoms with Crippen molar-refractivity contribution < 1.29 is 9.90 Å². The molecule has 4 N–H and O–H groups in total. The maximum absolute atomic E-state index is 12.4. The molecule has 0 fully saturated rings. The van der Waals surface area contributed by atoms with Gasteiger partial charge in [0.2, 0.25) is 0 Å². The lowest BCUT2D eigenvalue weighted by Crippen LogP contribution is -2.42. The number of hydrogen-bond donors (Lipinski definition) is 4. The summed E-state index contributed by atoms with van der Waals surface area (Å²) in [5.74, 6) is 0.749. The molecule has 7 nitrogen and oxygen atoms in total. The minimum atomic E-state index is -0.365. The Morgan fingerprint density at radius 1 is 1.38 bits per heavy atom. The fourth-order valence-corrected chi connectivity index (χ4v) is 3.73. The summed E-state index contributed by atoms with van der Waals surface area (Å²) in [7, 11) is 1.84. The first-order chi connectivity index (χ1) is 12.7. The number of carbonyl (C=O) groups excluding carboxylic acids is 1. The maximum atomic E-state index is 12.4. The smallest absolute Gasteiger partial charge is 0.320 e. The molecule has 1 aliphatic carbocycles. The number of aromatic nitrogens is 3. The van der Waals surface area contributed by atoms with Gasteiger partial charge in [0.05, 0.1) is 18.3 Å². The molecular formula is C19H23N5O2. The van der Waals surface area contributed by atoms with E-state index in [2.05, 4.69) is 20.7 Å². The van der Waals surface area contributed by atoms with E-state index in [-0.39, 0.29) is 18.7 Å². The molecule has 2 heterocycles. The Labute approximate surface area is 151 Å². The average Bonchev–Trinajstić information content (AvgIpc) is 3.32. The molecule has 0 bridgehead atoms. The number of amides is 2. The first kappa shape index (κ1) is 16.7. The van der Waals surface area contributed by atoms with Gasteiger partial charge in [-0.3, -0.25) is 10.00 Å². The summed E-state index contributed by atoms with van der Waals surface area (Å²) < 4.78 is 1.72. The predicted octanol–water partition coefficient (Wildman–Crippen LogP) is 2.12. The fourth-order valence-electron chi connectivity index (χ4n) is 3.73. The van der Waals surface area contributed by atoms with E-state index < -0.39 is 0 Å². The molecule has 0 spiro atoms. The van der Waals surface area contributed by atoms with Gasteiger partial charge in [0, 0.05) is 29.7 Å². The normalized spacial score (nSPS) is 14.4. The van der Waals surface area contributed by atoms with E-state index in [0.29, 0.717) is 6.42 Å². The van der Waals surface area contributed by atoms with E-state index in [1.807, 2.05) is 37.5 Å². The number of para-hydroxylation sites is 1. The van der Waals surface area contributed by atoms with Gasteiger partial charge in [-0.2, -0.15) is 5.10 Å². The first-order valence-corrected chi connectivity index (χ1v) is 8.94. The zero-order valence-electron chi connectivity index (χ0n) is 14.7. The number of hydrogen-bond acceptors (Lipinski definition) is 3. The molecule has 1 aliphatic rings. The Morgan fingerprint density at radius 2 is 2.23 bits per heavy atom. The summed E-state index contributed by atoms with van der Waals surface area (Å²) in [6, 6.07) is 7.32. The van der Waals surface area contributed by atoms with Crippen LogP contribution in [-0.4, -0.2) is 38.6 Å². The number of urea groups is 1. The van der Waals surface area contributed by atoms with Crippen LogP contribution in [0.25, 0.3) is 10.9 Å². The molecule has 1 atom stereocenters. The second kappa shape index (κ2) is 6.84. The highest BCUT2D eigenvalue weighted by molar-refractivity contribution is 5.90.